The SMILES string of the molecule is CCOC(=O)Cn1/c(=N/S(=O)(=O)c2cccs2)sc2cc3c(cc21)OCCO3. The Morgan fingerprint density at radius 3 is 2.71 bits per heavy atom. The highest BCUT2D eigenvalue weighted by atomic mass is 32.2. The van der Waals surface area contributed by atoms with Crippen LogP contribution in [0.2, 0.25) is 0 Å². The van der Waals surface area contributed by atoms with E-state index < -0.39 is 16.0 Å². The Kier molecular flexibility index (Phi) is 5.13. The number of thiazole rings is 1. The number of ether oxygens (including phenoxy) is 3. The number of fused-ring (bicyclic) bond motifs is 2. The highest BCUT2D eigenvalue weighted by Gasteiger charge is 2.20. The Hall–Kier alpha value is -2.37. The van der Waals surface area contributed by atoms with E-state index in [-0.39, 0.29) is 22.2 Å². The number of carbonyl (C=O) groups is 1. The first-order valence-corrected chi connectivity index (χ1v) is 11.5. The van der Waals surface area contributed by atoms with E-state index in [9.17, 15) is 13.2 Å². The van der Waals surface area contributed by atoms with Gasteiger partial charge in [-0.2, -0.15) is 8.42 Å². The minimum atomic E-state index is -3.89. The summed E-state index contributed by atoms with van der Waals surface area (Å²) in [6, 6.07) is 6.64. The van der Waals surface area contributed by atoms with Crippen molar-refractivity contribution in [3.63, 3.8) is 0 Å². The molecule has 0 saturated carbocycles. The zero-order valence-electron chi connectivity index (χ0n) is 14.8. The van der Waals surface area contributed by atoms with E-state index in [1.54, 1.807) is 30.5 Å². The van der Waals surface area contributed by atoms with Crippen molar-refractivity contribution in [3.8, 4) is 11.5 Å². The number of sulfonamides is 1. The molecule has 0 atom stereocenters. The molecule has 0 unspecified atom stereocenters. The van der Waals surface area contributed by atoms with Gasteiger partial charge in [-0.05, 0) is 18.4 Å². The summed E-state index contributed by atoms with van der Waals surface area (Å²) in [6.45, 7) is 2.64. The third kappa shape index (κ3) is 3.64. The molecule has 1 aromatic carbocycles. The molecule has 1 aliphatic heterocycles. The molecule has 1 aliphatic rings. The van der Waals surface area contributed by atoms with Gasteiger partial charge in [-0.1, -0.05) is 17.4 Å². The van der Waals surface area contributed by atoms with Crippen molar-refractivity contribution in [1.29, 1.82) is 0 Å². The Bertz CT molecular complexity index is 1190. The molecule has 3 heterocycles. The summed E-state index contributed by atoms with van der Waals surface area (Å²) in [4.78, 5) is 12.3. The lowest BCUT2D eigenvalue weighted by Gasteiger charge is -2.18. The van der Waals surface area contributed by atoms with E-state index in [1.807, 2.05) is 0 Å². The van der Waals surface area contributed by atoms with Crippen LogP contribution in [0.4, 0.5) is 0 Å². The first kappa shape index (κ1) is 19.0. The Labute approximate surface area is 168 Å². The van der Waals surface area contributed by atoms with Gasteiger partial charge in [-0.25, -0.2) is 0 Å². The molecule has 0 radical (unpaired) electrons. The highest BCUT2D eigenvalue weighted by Crippen LogP contribution is 2.35. The van der Waals surface area contributed by atoms with Crippen LogP contribution in [0.3, 0.4) is 0 Å². The zero-order valence-corrected chi connectivity index (χ0v) is 17.2. The monoisotopic (exact) mass is 440 g/mol. The highest BCUT2D eigenvalue weighted by molar-refractivity contribution is 7.92. The summed E-state index contributed by atoms with van der Waals surface area (Å²) in [7, 11) is -3.89. The van der Waals surface area contributed by atoms with E-state index in [0.717, 1.165) is 27.4 Å². The third-order valence-corrected chi connectivity index (χ3v) is 7.68. The summed E-state index contributed by atoms with van der Waals surface area (Å²) in [5, 5.41) is 1.67. The lowest BCUT2D eigenvalue weighted by Crippen LogP contribution is -2.23. The van der Waals surface area contributed by atoms with E-state index in [1.165, 1.54) is 10.6 Å². The van der Waals surface area contributed by atoms with Crippen molar-refractivity contribution in [1.82, 2.24) is 4.57 Å². The van der Waals surface area contributed by atoms with Crippen LogP contribution in [-0.4, -0.2) is 38.8 Å². The van der Waals surface area contributed by atoms with Crippen LogP contribution in [0.25, 0.3) is 10.2 Å². The van der Waals surface area contributed by atoms with E-state index in [0.29, 0.717) is 30.2 Å². The van der Waals surface area contributed by atoms with Crippen molar-refractivity contribution in [3.05, 3.63) is 34.4 Å². The molecule has 4 rings (SSSR count). The number of benzene rings is 1. The van der Waals surface area contributed by atoms with Crippen LogP contribution in [0.15, 0.2) is 38.3 Å². The molecule has 2 aromatic heterocycles. The average molecular weight is 441 g/mol. The van der Waals surface area contributed by atoms with Crippen LogP contribution in [0.5, 0.6) is 11.5 Å². The summed E-state index contributed by atoms with van der Waals surface area (Å²) >= 11 is 2.25. The predicted molar refractivity (Wildman–Crippen MR) is 105 cm³/mol. The van der Waals surface area contributed by atoms with Gasteiger partial charge in [0.25, 0.3) is 10.0 Å². The van der Waals surface area contributed by atoms with Gasteiger partial charge in [0.2, 0.25) is 4.80 Å². The molecule has 0 bridgehead atoms. The number of hydrogen-bond donors (Lipinski definition) is 0. The quantitative estimate of drug-likeness (QED) is 0.565. The fourth-order valence-corrected chi connectivity index (χ4v) is 5.93. The molecule has 148 valence electrons. The van der Waals surface area contributed by atoms with E-state index in [4.69, 9.17) is 14.2 Å². The van der Waals surface area contributed by atoms with Crippen LogP contribution in [0, 0.1) is 0 Å². The molecule has 3 aromatic rings. The van der Waals surface area contributed by atoms with Gasteiger partial charge >= 0.3 is 5.97 Å². The molecule has 11 heteroatoms. The number of esters is 1. The molecule has 0 fully saturated rings. The maximum absolute atomic E-state index is 12.6. The van der Waals surface area contributed by atoms with E-state index in [2.05, 4.69) is 4.40 Å². The second-order valence-electron chi connectivity index (χ2n) is 5.74. The zero-order chi connectivity index (χ0) is 19.7. The van der Waals surface area contributed by atoms with Crippen molar-refractivity contribution < 1.29 is 27.4 Å². The Balaban J connectivity index is 1.91. The average Bonchev–Trinajstić information content (AvgIpc) is 3.30. The molecule has 0 saturated heterocycles. The lowest BCUT2D eigenvalue weighted by molar-refractivity contribution is -0.143. The standard InChI is InChI=1S/C17H16N2O6S3/c1-2-23-15(20)10-19-11-8-12-13(25-6-5-24-12)9-14(11)27-17(19)18-28(21,22)16-4-3-7-26-16/h3-4,7-9H,2,5-6,10H2,1H3/b18-17-. The number of carbonyl (C=O) groups excluding carboxylic acids is 1. The van der Waals surface area contributed by atoms with Crippen molar-refractivity contribution in [2.75, 3.05) is 19.8 Å². The second kappa shape index (κ2) is 7.57. The smallest absolute Gasteiger partial charge is 0.326 e. The van der Waals surface area contributed by atoms with Crippen molar-refractivity contribution in [2.45, 2.75) is 17.7 Å². The molecule has 28 heavy (non-hydrogen) atoms. The topological polar surface area (TPSA) is 96.2 Å². The van der Waals surface area contributed by atoms with Crippen LogP contribution in [0.1, 0.15) is 6.92 Å². The maximum Gasteiger partial charge on any atom is 0.326 e. The van der Waals surface area contributed by atoms with Crippen molar-refractivity contribution in [2.24, 2.45) is 4.40 Å². The molecule has 8 nitrogen and oxygen atoms in total. The lowest BCUT2D eigenvalue weighted by atomic mass is 10.2. The van der Waals surface area contributed by atoms with Crippen LogP contribution in [-0.2, 0) is 26.1 Å². The maximum atomic E-state index is 12.6. The van der Waals surface area contributed by atoms with Crippen LogP contribution < -0.4 is 14.3 Å². The van der Waals surface area contributed by atoms with Gasteiger partial charge in [0.05, 0.1) is 16.8 Å². The molecular formula is C17H16N2O6S3. The third-order valence-electron chi connectivity index (χ3n) is 3.89. The molecule has 0 N–H and O–H groups in total. The fourth-order valence-electron chi connectivity index (χ4n) is 2.72. The predicted octanol–water partition coefficient (Wildman–Crippen LogP) is 2.39. The van der Waals surface area contributed by atoms with Gasteiger partial charge in [-0.3, -0.25) is 4.79 Å². The largest absolute Gasteiger partial charge is 0.486 e. The number of nitrogens with zero attached hydrogens (tertiary/aromatic N) is 2. The number of hydrogen-bond acceptors (Lipinski definition) is 8. The van der Waals surface area contributed by atoms with E-state index >= 15 is 0 Å². The summed E-state index contributed by atoms with van der Waals surface area (Å²) in [5.41, 5.74) is 0.627. The molecule has 0 amide bonds. The molecule has 0 aliphatic carbocycles. The Morgan fingerprint density at radius 2 is 2.04 bits per heavy atom. The Morgan fingerprint density at radius 1 is 1.29 bits per heavy atom. The van der Waals surface area contributed by atoms with Gasteiger partial charge in [0.1, 0.15) is 24.0 Å². The fraction of sp³-hybridized carbons (Fsp3) is 0.294. The number of rotatable bonds is 5. The molecular weight excluding hydrogens is 424 g/mol. The normalized spacial score (nSPS) is 14.4. The molecule has 0 spiro atoms. The first-order chi connectivity index (χ1) is 13.5. The summed E-state index contributed by atoms with van der Waals surface area (Å²) in [6.07, 6.45) is 0. The summed E-state index contributed by atoms with van der Waals surface area (Å²) in [5.74, 6) is 0.643. The number of thiophene rings is 1. The number of aromatic nitrogens is 1. The van der Waals surface area contributed by atoms with Gasteiger partial charge < -0.3 is 18.8 Å². The minimum absolute atomic E-state index is 0.138. The van der Waals surface area contributed by atoms with Gasteiger partial charge in [0.15, 0.2) is 11.5 Å². The minimum Gasteiger partial charge on any atom is -0.486 e. The summed E-state index contributed by atoms with van der Waals surface area (Å²) < 4.78 is 47.9. The van der Waals surface area contributed by atoms with Crippen LogP contribution >= 0.6 is 22.7 Å². The van der Waals surface area contributed by atoms with Gasteiger partial charge in [0, 0.05) is 12.1 Å². The first-order valence-electron chi connectivity index (χ1n) is 8.41. The second-order valence-corrected chi connectivity index (χ2v) is 9.53. The van der Waals surface area contributed by atoms with Crippen molar-refractivity contribution >= 4 is 48.9 Å². The van der Waals surface area contributed by atoms with Gasteiger partial charge in [-0.15, -0.1) is 15.7 Å².